The Balaban J connectivity index is -0.00000237. The van der Waals surface area contributed by atoms with Gasteiger partial charge in [-0.15, -0.1) is 0 Å². The van der Waals surface area contributed by atoms with Crippen LogP contribution in [-0.2, 0) is 63.8 Å². The molecule has 0 heterocycles. The molecule has 248 valence electrons. The van der Waals surface area contributed by atoms with Crippen molar-refractivity contribution in [1.82, 2.24) is 0 Å². The van der Waals surface area contributed by atoms with Gasteiger partial charge in [-0.2, -0.15) is 0 Å². The van der Waals surface area contributed by atoms with Gasteiger partial charge in [-0.25, -0.2) is 0 Å². The molecule has 0 aliphatic rings. The summed E-state index contributed by atoms with van der Waals surface area (Å²) in [4.78, 5) is 0. The summed E-state index contributed by atoms with van der Waals surface area (Å²) < 4.78 is 22.5. The second-order valence-corrected chi connectivity index (χ2v) is 20.0. The van der Waals surface area contributed by atoms with Gasteiger partial charge in [0.25, 0.3) is 0 Å². The standard InChI is InChI=1S/C36H58P2.3CO.Cr/c1-31(2,3)23-19-25(33(7,8)9)29(26(20-23)34(10,11)12)37-38-30-27(35(13,14)15)21-24(32(4,5)6)22-28(30)36(16,17)18;3*1-2;/h19-22H,1-18H3;;;;. The van der Waals surface area contributed by atoms with Crippen molar-refractivity contribution in [3.05, 3.63) is 77.6 Å². The van der Waals surface area contributed by atoms with Crippen molar-refractivity contribution in [3.63, 3.8) is 0 Å². The van der Waals surface area contributed by atoms with E-state index in [9.17, 15) is 0 Å². The van der Waals surface area contributed by atoms with Crippen LogP contribution < -0.4 is 10.6 Å². The molecular weight excluding hydrogens is 630 g/mol. The van der Waals surface area contributed by atoms with Crippen LogP contribution in [0.3, 0.4) is 0 Å². The Morgan fingerprint density at radius 3 is 0.622 bits per heavy atom. The molecule has 2 aromatic rings. The summed E-state index contributed by atoms with van der Waals surface area (Å²) >= 11 is 0. The van der Waals surface area contributed by atoms with Crippen molar-refractivity contribution >= 4 is 26.3 Å². The zero-order chi connectivity index (χ0) is 35.9. The molecular formula is C39H58CrO3P2. The molecule has 0 N–H and O–H groups in total. The summed E-state index contributed by atoms with van der Waals surface area (Å²) in [6, 6.07) is 10.1. The topological polar surface area (TPSA) is 59.7 Å². The van der Waals surface area contributed by atoms with Gasteiger partial charge >= 0.3 is 33.9 Å². The number of rotatable bonds is 2. The number of hydrogen-bond acceptors (Lipinski definition) is 0. The molecule has 0 spiro atoms. The van der Waals surface area contributed by atoms with Gasteiger partial charge in [-0.05, 0) is 81.6 Å². The predicted octanol–water partition coefficient (Wildman–Crippen LogP) is 11.1. The molecule has 0 fully saturated rings. The maximum absolute atomic E-state index is 7.50. The Hall–Kier alpha value is -1.21. The van der Waals surface area contributed by atoms with E-state index in [4.69, 9.17) is 14.0 Å². The van der Waals surface area contributed by atoms with Crippen LogP contribution in [0, 0.1) is 20.0 Å². The molecule has 0 atom stereocenters. The van der Waals surface area contributed by atoms with Crippen molar-refractivity contribution in [2.75, 3.05) is 0 Å². The first kappa shape index (κ1) is 48.2. The normalized spacial score (nSPS) is 12.4. The van der Waals surface area contributed by atoms with Crippen molar-refractivity contribution in [3.8, 4) is 0 Å². The third-order valence-corrected chi connectivity index (χ3v) is 10.4. The van der Waals surface area contributed by atoms with E-state index in [2.05, 4.69) is 169 Å². The fourth-order valence-corrected chi connectivity index (χ4v) is 8.86. The molecule has 0 amide bonds. The summed E-state index contributed by atoms with van der Waals surface area (Å²) in [6.07, 6.45) is 0. The fourth-order valence-electron chi connectivity index (χ4n) is 4.74. The molecule has 2 aromatic carbocycles. The van der Waals surface area contributed by atoms with Gasteiger partial charge in [-0.3, -0.25) is 0 Å². The van der Waals surface area contributed by atoms with Crippen LogP contribution in [0.5, 0.6) is 0 Å². The number of hydrogen-bond donors (Lipinski definition) is 0. The summed E-state index contributed by atoms with van der Waals surface area (Å²) in [5.41, 5.74) is 9.47. The molecule has 6 heteroatoms. The van der Waals surface area contributed by atoms with Crippen molar-refractivity contribution in [1.29, 1.82) is 0 Å². The molecule has 0 saturated carbocycles. The molecule has 0 bridgehead atoms. The molecule has 0 radical (unpaired) electrons. The van der Waals surface area contributed by atoms with Crippen LogP contribution in [0.4, 0.5) is 0 Å². The van der Waals surface area contributed by atoms with E-state index >= 15 is 0 Å². The van der Waals surface area contributed by atoms with Crippen LogP contribution in [0.1, 0.15) is 158 Å². The van der Waals surface area contributed by atoms with Crippen LogP contribution in [-0.4, -0.2) is 0 Å². The third-order valence-electron chi connectivity index (χ3n) is 7.43. The van der Waals surface area contributed by atoms with Gasteiger partial charge in [0.2, 0.25) is 0 Å². The Bertz CT molecular complexity index is 1160. The van der Waals surface area contributed by atoms with Crippen LogP contribution in [0.25, 0.3) is 0 Å². The molecule has 45 heavy (non-hydrogen) atoms. The largest absolute Gasteiger partial charge is 0 e. The minimum Gasteiger partial charge on any atom is 0 e. The van der Waals surface area contributed by atoms with Crippen molar-refractivity contribution < 1.29 is 31.3 Å². The summed E-state index contributed by atoms with van der Waals surface area (Å²) in [5.74, 6) is 0. The quantitative estimate of drug-likeness (QED) is 0.171. The van der Waals surface area contributed by atoms with E-state index < -0.39 is 0 Å². The van der Waals surface area contributed by atoms with Gasteiger partial charge in [-0.1, -0.05) is 149 Å². The average Bonchev–Trinajstić information content (AvgIpc) is 2.86. The molecule has 0 unspecified atom stereocenters. The van der Waals surface area contributed by atoms with E-state index in [-0.39, 0.29) is 49.9 Å². The van der Waals surface area contributed by atoms with Gasteiger partial charge in [0.1, 0.15) is 0 Å². The van der Waals surface area contributed by atoms with Crippen LogP contribution in [0.15, 0.2) is 24.3 Å². The maximum Gasteiger partial charge on any atom is 0 e. The van der Waals surface area contributed by atoms with Crippen molar-refractivity contribution in [2.24, 2.45) is 0 Å². The van der Waals surface area contributed by atoms with Gasteiger partial charge in [0.05, 0.1) is 0 Å². The first-order valence-corrected chi connectivity index (χ1v) is 17.6. The van der Waals surface area contributed by atoms with Crippen molar-refractivity contribution in [2.45, 2.75) is 157 Å². The fraction of sp³-hybridized carbons (Fsp3) is 0.615. The molecule has 0 aliphatic heterocycles. The first-order chi connectivity index (χ1) is 19.6. The van der Waals surface area contributed by atoms with Gasteiger partial charge < -0.3 is 0 Å². The predicted molar refractivity (Wildman–Crippen MR) is 190 cm³/mol. The maximum atomic E-state index is 7.50. The molecule has 3 nitrogen and oxygen atoms in total. The molecule has 0 aliphatic carbocycles. The Kier molecular flexibility index (Phi) is 19.1. The second kappa shape index (κ2) is 17.8. The minimum absolute atomic E-state index is 0. The average molecular weight is 689 g/mol. The summed E-state index contributed by atoms with van der Waals surface area (Å²) in [7, 11) is 2.76. The Morgan fingerprint density at radius 1 is 0.356 bits per heavy atom. The molecule has 0 aromatic heterocycles. The summed E-state index contributed by atoms with van der Waals surface area (Å²) in [6.45, 7) is 56.2. The zero-order valence-electron chi connectivity index (χ0n) is 31.3. The SMILES string of the molecule is CC(C)(C)c1cc(C(C)(C)C)c(P=Pc2c(C(C)(C)C)cc(C(C)(C)C)cc2C(C)(C)C)c(C(C)(C)C)c1.[C-]#[O+].[C-]#[O+].[C-]#[O+].[Cr]. The summed E-state index contributed by atoms with van der Waals surface area (Å²) in [5, 5.41) is 3.05. The zero-order valence-corrected chi connectivity index (χ0v) is 34.4. The van der Waals surface area contributed by atoms with E-state index in [0.29, 0.717) is 0 Å². The van der Waals surface area contributed by atoms with E-state index in [1.165, 1.54) is 59.7 Å². The molecule has 0 saturated heterocycles. The third kappa shape index (κ3) is 13.8. The smallest absolute Gasteiger partial charge is 0 e. The van der Waals surface area contributed by atoms with Gasteiger partial charge in [0, 0.05) is 28.0 Å². The number of benzene rings is 2. The second-order valence-electron chi connectivity index (χ2n) is 17.5. The monoisotopic (exact) mass is 688 g/mol. The van der Waals surface area contributed by atoms with E-state index in [0.717, 1.165) is 0 Å². The van der Waals surface area contributed by atoms with Crippen LogP contribution >= 0.6 is 15.7 Å². The van der Waals surface area contributed by atoms with Gasteiger partial charge in [0.15, 0.2) is 0 Å². The van der Waals surface area contributed by atoms with E-state index in [1.807, 2.05) is 0 Å². The van der Waals surface area contributed by atoms with E-state index in [1.54, 1.807) is 0 Å². The van der Waals surface area contributed by atoms with Crippen LogP contribution in [0.2, 0.25) is 0 Å². The minimum atomic E-state index is 0. The Labute approximate surface area is 291 Å². The first-order valence-electron chi connectivity index (χ1n) is 15.1. The Morgan fingerprint density at radius 2 is 0.511 bits per heavy atom. The molecule has 2 rings (SSSR count).